The van der Waals surface area contributed by atoms with E-state index in [9.17, 15) is 24.3 Å². The van der Waals surface area contributed by atoms with E-state index in [4.69, 9.17) is 22.9 Å². The number of carbonyl (C=O) groups excluding carboxylic acids is 3. The molecule has 36 heavy (non-hydrogen) atoms. The maximum Gasteiger partial charge on any atom is 0.326 e. The Morgan fingerprint density at radius 1 is 0.833 bits per heavy atom. The number of hydrogen-bond donors (Lipinski definition) is 8. The van der Waals surface area contributed by atoms with Gasteiger partial charge in [-0.2, -0.15) is 0 Å². The second kappa shape index (κ2) is 17.5. The molecule has 4 atom stereocenters. The fourth-order valence-corrected chi connectivity index (χ4v) is 3.47. The smallest absolute Gasteiger partial charge is 0.326 e. The van der Waals surface area contributed by atoms with Crippen LogP contribution in [-0.4, -0.2) is 72.0 Å². The molecule has 0 fully saturated rings. The summed E-state index contributed by atoms with van der Waals surface area (Å²) in [6, 6.07) is -3.88. The molecule has 0 aliphatic heterocycles. The number of hydrogen-bond acceptors (Lipinski definition) is 7. The summed E-state index contributed by atoms with van der Waals surface area (Å²) in [5.41, 5.74) is 22.0. The number of amides is 3. The number of nitrogens with two attached hydrogens (primary N) is 4. The van der Waals surface area contributed by atoms with Crippen molar-refractivity contribution < 1.29 is 24.3 Å². The van der Waals surface area contributed by atoms with Crippen LogP contribution in [0.1, 0.15) is 66.2 Å². The Balaban J connectivity index is 5.42. The lowest BCUT2D eigenvalue weighted by Crippen LogP contribution is -2.58. The zero-order chi connectivity index (χ0) is 27.8. The molecule has 3 amide bonds. The highest BCUT2D eigenvalue weighted by Crippen LogP contribution is 2.09. The summed E-state index contributed by atoms with van der Waals surface area (Å²) in [5.74, 6) is -3.04. The lowest BCUT2D eigenvalue weighted by atomic mass is 9.99. The minimum absolute atomic E-state index is 0.0970. The van der Waals surface area contributed by atoms with E-state index < -0.39 is 47.9 Å². The van der Waals surface area contributed by atoms with Gasteiger partial charge < -0.3 is 44.0 Å². The Bertz CT molecular complexity index is 740. The molecule has 0 bridgehead atoms. The first-order valence-corrected chi connectivity index (χ1v) is 12.4. The van der Waals surface area contributed by atoms with Crippen molar-refractivity contribution in [2.75, 3.05) is 13.1 Å². The van der Waals surface area contributed by atoms with Crippen LogP contribution in [0.2, 0.25) is 0 Å². The molecular formula is C23H46N8O5. The maximum atomic E-state index is 13.1. The Labute approximate surface area is 213 Å². The predicted molar refractivity (Wildman–Crippen MR) is 139 cm³/mol. The fourth-order valence-electron chi connectivity index (χ4n) is 3.47. The molecule has 0 rings (SSSR count). The number of carboxylic acids is 1. The zero-order valence-corrected chi connectivity index (χ0v) is 22.0. The van der Waals surface area contributed by atoms with Crippen molar-refractivity contribution in [2.24, 2.45) is 39.8 Å². The number of aliphatic carboxylic acids is 1. The summed E-state index contributed by atoms with van der Waals surface area (Å²) < 4.78 is 0. The molecule has 0 heterocycles. The van der Waals surface area contributed by atoms with Gasteiger partial charge in [0.1, 0.15) is 18.1 Å². The average Bonchev–Trinajstić information content (AvgIpc) is 2.77. The van der Waals surface area contributed by atoms with Gasteiger partial charge in [-0.15, -0.1) is 0 Å². The molecule has 12 N–H and O–H groups in total. The summed E-state index contributed by atoms with van der Waals surface area (Å²) in [6.07, 6.45) is 2.30. The van der Waals surface area contributed by atoms with Crippen LogP contribution >= 0.6 is 0 Å². The molecule has 0 saturated carbocycles. The van der Waals surface area contributed by atoms with Gasteiger partial charge in [-0.05, 0) is 56.9 Å². The van der Waals surface area contributed by atoms with Crippen LogP contribution in [0.4, 0.5) is 0 Å². The van der Waals surface area contributed by atoms with Crippen molar-refractivity contribution in [3.05, 3.63) is 0 Å². The van der Waals surface area contributed by atoms with Crippen molar-refractivity contribution in [1.29, 1.82) is 0 Å². The van der Waals surface area contributed by atoms with Gasteiger partial charge in [0.15, 0.2) is 5.96 Å². The first kappa shape index (κ1) is 33.1. The molecule has 0 aliphatic carbocycles. The second-order valence-corrected chi connectivity index (χ2v) is 9.66. The van der Waals surface area contributed by atoms with E-state index in [0.717, 1.165) is 0 Å². The first-order chi connectivity index (χ1) is 16.8. The fraction of sp³-hybridized carbons (Fsp3) is 0.783. The monoisotopic (exact) mass is 514 g/mol. The van der Waals surface area contributed by atoms with E-state index in [0.29, 0.717) is 32.2 Å². The Kier molecular flexibility index (Phi) is 16.1. The van der Waals surface area contributed by atoms with Crippen molar-refractivity contribution >= 4 is 29.7 Å². The molecule has 0 spiro atoms. The molecule has 0 saturated heterocycles. The van der Waals surface area contributed by atoms with Gasteiger partial charge in [0, 0.05) is 6.54 Å². The van der Waals surface area contributed by atoms with Gasteiger partial charge in [0.05, 0.1) is 6.04 Å². The SMILES string of the molecule is CC(C)CC(N)C(=O)NC(C(=O)NC(CCCCN)C(=O)NC(CCCN=C(N)N)C(=O)O)C(C)C. The quantitative estimate of drug-likeness (QED) is 0.0617. The van der Waals surface area contributed by atoms with Crippen LogP contribution in [0.3, 0.4) is 0 Å². The third kappa shape index (κ3) is 13.8. The molecule has 13 heteroatoms. The van der Waals surface area contributed by atoms with Gasteiger partial charge >= 0.3 is 5.97 Å². The normalized spacial score (nSPS) is 14.4. The van der Waals surface area contributed by atoms with E-state index in [1.165, 1.54) is 0 Å². The summed E-state index contributed by atoms with van der Waals surface area (Å²) in [7, 11) is 0. The van der Waals surface area contributed by atoms with Crippen molar-refractivity contribution in [3.63, 3.8) is 0 Å². The van der Waals surface area contributed by atoms with Gasteiger partial charge in [0.2, 0.25) is 17.7 Å². The minimum Gasteiger partial charge on any atom is -0.480 e. The van der Waals surface area contributed by atoms with E-state index in [-0.39, 0.29) is 37.2 Å². The summed E-state index contributed by atoms with van der Waals surface area (Å²) in [6.45, 7) is 8.03. The van der Waals surface area contributed by atoms with E-state index >= 15 is 0 Å². The van der Waals surface area contributed by atoms with Crippen LogP contribution in [0.25, 0.3) is 0 Å². The number of guanidine groups is 1. The molecule has 0 aromatic carbocycles. The lowest BCUT2D eigenvalue weighted by Gasteiger charge is -2.27. The molecule has 13 nitrogen and oxygen atoms in total. The zero-order valence-electron chi connectivity index (χ0n) is 22.0. The summed E-state index contributed by atoms with van der Waals surface area (Å²) in [4.78, 5) is 54.0. The number of carboxylic acid groups (broad SMARTS) is 1. The lowest BCUT2D eigenvalue weighted by molar-refractivity contribution is -0.142. The van der Waals surface area contributed by atoms with E-state index in [1.54, 1.807) is 13.8 Å². The van der Waals surface area contributed by atoms with Crippen LogP contribution < -0.4 is 38.9 Å². The average molecular weight is 515 g/mol. The number of aliphatic imine (C=N–C) groups is 1. The third-order valence-corrected chi connectivity index (χ3v) is 5.45. The van der Waals surface area contributed by atoms with Crippen molar-refractivity contribution in [3.8, 4) is 0 Å². The topological polar surface area (TPSA) is 241 Å². The van der Waals surface area contributed by atoms with Gasteiger partial charge in [-0.1, -0.05) is 27.7 Å². The predicted octanol–water partition coefficient (Wildman–Crippen LogP) is -1.26. The Morgan fingerprint density at radius 2 is 1.42 bits per heavy atom. The van der Waals surface area contributed by atoms with Crippen molar-refractivity contribution in [1.82, 2.24) is 16.0 Å². The summed E-state index contributed by atoms with van der Waals surface area (Å²) >= 11 is 0. The second-order valence-electron chi connectivity index (χ2n) is 9.66. The highest BCUT2D eigenvalue weighted by molar-refractivity contribution is 5.94. The highest BCUT2D eigenvalue weighted by atomic mass is 16.4. The number of unbranched alkanes of at least 4 members (excludes halogenated alkanes) is 1. The largest absolute Gasteiger partial charge is 0.480 e. The Hall–Kier alpha value is -2.93. The highest BCUT2D eigenvalue weighted by Gasteiger charge is 2.31. The van der Waals surface area contributed by atoms with Gasteiger partial charge in [0.25, 0.3) is 0 Å². The number of nitrogens with zero attached hydrogens (tertiary/aromatic N) is 1. The Morgan fingerprint density at radius 3 is 1.92 bits per heavy atom. The molecule has 0 radical (unpaired) electrons. The third-order valence-electron chi connectivity index (χ3n) is 5.45. The van der Waals surface area contributed by atoms with Gasteiger partial charge in [-0.25, -0.2) is 4.79 Å². The molecular weight excluding hydrogens is 468 g/mol. The first-order valence-electron chi connectivity index (χ1n) is 12.4. The summed E-state index contributed by atoms with van der Waals surface area (Å²) in [5, 5.41) is 17.4. The molecule has 0 aromatic heterocycles. The maximum absolute atomic E-state index is 13.1. The molecule has 0 aliphatic rings. The van der Waals surface area contributed by atoms with Gasteiger partial charge in [-0.3, -0.25) is 19.4 Å². The van der Waals surface area contributed by atoms with Crippen LogP contribution in [0, 0.1) is 11.8 Å². The number of rotatable bonds is 18. The van der Waals surface area contributed by atoms with E-state index in [1.807, 2.05) is 13.8 Å². The number of carbonyl (C=O) groups is 4. The molecule has 0 aromatic rings. The minimum atomic E-state index is -1.22. The number of nitrogens with one attached hydrogen (secondary N) is 3. The molecule has 4 unspecified atom stereocenters. The van der Waals surface area contributed by atoms with Crippen LogP contribution in [0.5, 0.6) is 0 Å². The van der Waals surface area contributed by atoms with E-state index in [2.05, 4.69) is 20.9 Å². The van der Waals surface area contributed by atoms with Crippen LogP contribution in [-0.2, 0) is 19.2 Å². The molecule has 208 valence electrons. The standard InChI is InChI=1S/C23H46N8O5/c1-13(2)12-15(25)19(32)31-18(14(3)4)21(34)29-16(8-5-6-10-24)20(33)30-17(22(35)36)9-7-11-28-23(26)27/h13-18H,5-12,24-25H2,1-4H3,(H,29,34)(H,30,33)(H,31,32)(H,35,36)(H4,26,27,28). The van der Waals surface area contributed by atoms with Crippen LogP contribution in [0.15, 0.2) is 4.99 Å². The van der Waals surface area contributed by atoms with Crippen molar-refractivity contribution in [2.45, 2.75) is 90.4 Å².